The van der Waals surface area contributed by atoms with E-state index in [0.29, 0.717) is 42.7 Å². The van der Waals surface area contributed by atoms with Gasteiger partial charge >= 0.3 is 6.18 Å². The lowest BCUT2D eigenvalue weighted by Gasteiger charge is -2.37. The highest BCUT2D eigenvalue weighted by molar-refractivity contribution is 5.79. The van der Waals surface area contributed by atoms with Gasteiger partial charge in [0.25, 0.3) is 0 Å². The van der Waals surface area contributed by atoms with Gasteiger partial charge in [0.15, 0.2) is 0 Å². The largest absolute Gasteiger partial charge is 0.507 e. The molecule has 2 aromatic rings. The molecule has 0 spiro atoms. The summed E-state index contributed by atoms with van der Waals surface area (Å²) in [5.74, 6) is -0.0388. The maximum absolute atomic E-state index is 12.9. The first kappa shape index (κ1) is 24.3. The Balaban J connectivity index is 1.43. The number of hydrogen-bond acceptors (Lipinski definition) is 6. The molecule has 1 aliphatic carbocycles. The van der Waals surface area contributed by atoms with Gasteiger partial charge in [-0.1, -0.05) is 6.42 Å². The minimum Gasteiger partial charge on any atom is -0.507 e. The van der Waals surface area contributed by atoms with Crippen LogP contribution in [0.5, 0.6) is 5.75 Å². The predicted molar refractivity (Wildman–Crippen MR) is 120 cm³/mol. The van der Waals surface area contributed by atoms with Gasteiger partial charge in [-0.25, -0.2) is 0 Å². The first-order valence-corrected chi connectivity index (χ1v) is 11.6. The van der Waals surface area contributed by atoms with Crippen LogP contribution in [0.4, 0.5) is 19.0 Å². The number of aliphatic hydroxyl groups is 1. The number of rotatable bonds is 4. The van der Waals surface area contributed by atoms with Crippen LogP contribution >= 0.6 is 0 Å². The van der Waals surface area contributed by atoms with E-state index in [4.69, 9.17) is 0 Å². The molecule has 2 unspecified atom stereocenters. The average Bonchev–Trinajstić information content (AvgIpc) is 2.79. The number of carbonyl (C=O) groups excluding carboxylic acids is 1. The molecule has 0 bridgehead atoms. The maximum atomic E-state index is 12.9. The Morgan fingerprint density at radius 1 is 1.15 bits per heavy atom. The fraction of sp³-hybridized carbons (Fsp3) is 0.542. The molecule has 4 rings (SSSR count). The van der Waals surface area contributed by atoms with Crippen molar-refractivity contribution < 1.29 is 28.2 Å². The fourth-order valence-corrected chi connectivity index (χ4v) is 4.88. The number of nitrogens with one attached hydrogen (secondary N) is 1. The smallest absolute Gasteiger partial charge is 0.416 e. The number of benzene rings is 1. The fourth-order valence-electron chi connectivity index (χ4n) is 4.88. The molecule has 2 fully saturated rings. The quantitative estimate of drug-likeness (QED) is 0.611. The summed E-state index contributed by atoms with van der Waals surface area (Å²) in [7, 11) is 0. The summed E-state index contributed by atoms with van der Waals surface area (Å²) in [5, 5.41) is 31.7. The third-order valence-electron chi connectivity index (χ3n) is 6.65. The Labute approximate surface area is 196 Å². The lowest BCUT2D eigenvalue weighted by atomic mass is 9.86. The van der Waals surface area contributed by atoms with E-state index in [1.807, 2.05) is 4.90 Å². The standard InChI is InChI=1S/C24H29F3N4O3/c1-14-10-21(29-30-22(14)19-8-7-16(12-20(19)33)24(25,26)27)28-17-5-3-9-31(13-17)23(34)15-4-2-6-18(32)11-15/h7-8,10,12,15,17-18,32-33H,2-6,9,11,13H2,1H3,(H,28,29)/t15?,17-,18?/m1/s1. The SMILES string of the molecule is Cc1cc(N[C@@H]2CCCN(C(=O)C3CCCC(O)C3)C2)nnc1-c1ccc(C(F)(F)F)cc1O. The molecular weight excluding hydrogens is 449 g/mol. The van der Waals surface area contributed by atoms with Crippen LogP contribution in [-0.2, 0) is 11.0 Å². The molecule has 10 heteroatoms. The second-order valence-electron chi connectivity index (χ2n) is 9.28. The van der Waals surface area contributed by atoms with Crippen LogP contribution in [0.25, 0.3) is 11.3 Å². The van der Waals surface area contributed by atoms with Gasteiger partial charge in [-0.2, -0.15) is 13.2 Å². The van der Waals surface area contributed by atoms with Crippen LogP contribution in [0, 0.1) is 12.8 Å². The van der Waals surface area contributed by atoms with Crippen molar-refractivity contribution in [2.24, 2.45) is 5.92 Å². The summed E-state index contributed by atoms with van der Waals surface area (Å²) in [6.45, 7) is 2.98. The number of nitrogens with zero attached hydrogens (tertiary/aromatic N) is 3. The second kappa shape index (κ2) is 9.77. The Morgan fingerprint density at radius 2 is 1.94 bits per heavy atom. The first-order valence-electron chi connectivity index (χ1n) is 11.6. The van der Waals surface area contributed by atoms with Gasteiger partial charge in [0.2, 0.25) is 5.91 Å². The predicted octanol–water partition coefficient (Wildman–Crippen LogP) is 4.13. The van der Waals surface area contributed by atoms with Crippen molar-refractivity contribution in [1.82, 2.24) is 15.1 Å². The highest BCUT2D eigenvalue weighted by atomic mass is 19.4. The molecule has 1 saturated heterocycles. The van der Waals surface area contributed by atoms with Crippen LogP contribution in [-0.4, -0.2) is 56.5 Å². The van der Waals surface area contributed by atoms with Gasteiger partial charge in [-0.3, -0.25) is 4.79 Å². The number of halogens is 3. The summed E-state index contributed by atoms with van der Waals surface area (Å²) in [6, 6.07) is 4.50. The van der Waals surface area contributed by atoms with Crippen LogP contribution in [0.15, 0.2) is 24.3 Å². The van der Waals surface area contributed by atoms with Gasteiger partial charge in [-0.15, -0.1) is 10.2 Å². The van der Waals surface area contributed by atoms with Crippen molar-refractivity contribution in [2.75, 3.05) is 18.4 Å². The number of carbonyl (C=O) groups is 1. The number of aliphatic hydroxyl groups excluding tert-OH is 1. The highest BCUT2D eigenvalue weighted by Crippen LogP contribution is 2.37. The summed E-state index contributed by atoms with van der Waals surface area (Å²) < 4.78 is 38.6. The van der Waals surface area contributed by atoms with E-state index in [-0.39, 0.29) is 23.4 Å². The number of phenolic OH excluding ortho intramolecular Hbond substituents is 1. The number of anilines is 1. The van der Waals surface area contributed by atoms with Gasteiger partial charge in [-0.05, 0) is 68.9 Å². The van der Waals surface area contributed by atoms with E-state index in [2.05, 4.69) is 15.5 Å². The van der Waals surface area contributed by atoms with Crippen LogP contribution in [0.3, 0.4) is 0 Å². The molecule has 184 valence electrons. The zero-order valence-corrected chi connectivity index (χ0v) is 19.0. The van der Waals surface area contributed by atoms with Gasteiger partial charge in [0.05, 0.1) is 17.4 Å². The molecule has 34 heavy (non-hydrogen) atoms. The number of hydrogen-bond donors (Lipinski definition) is 3. The van der Waals surface area contributed by atoms with Gasteiger partial charge in [0.1, 0.15) is 11.6 Å². The molecule has 2 heterocycles. The van der Waals surface area contributed by atoms with Crippen LogP contribution in [0.1, 0.15) is 49.7 Å². The Bertz CT molecular complexity index is 1050. The van der Waals surface area contributed by atoms with Crippen molar-refractivity contribution in [3.63, 3.8) is 0 Å². The van der Waals surface area contributed by atoms with Crippen molar-refractivity contribution in [3.8, 4) is 17.0 Å². The zero-order valence-electron chi connectivity index (χ0n) is 19.0. The number of likely N-dealkylation sites (tertiary alicyclic amines) is 1. The summed E-state index contributed by atoms with van der Waals surface area (Å²) in [4.78, 5) is 14.8. The first-order chi connectivity index (χ1) is 16.1. The number of amides is 1. The Morgan fingerprint density at radius 3 is 2.62 bits per heavy atom. The minimum atomic E-state index is -4.55. The maximum Gasteiger partial charge on any atom is 0.416 e. The van der Waals surface area contributed by atoms with E-state index in [0.717, 1.165) is 38.2 Å². The molecule has 1 amide bonds. The van der Waals surface area contributed by atoms with E-state index in [9.17, 15) is 28.2 Å². The Kier molecular flexibility index (Phi) is 6.97. The number of piperidine rings is 1. The summed E-state index contributed by atoms with van der Waals surface area (Å²) in [6.07, 6.45) is -0.278. The number of aromatic hydroxyl groups is 1. The number of aromatic nitrogens is 2. The van der Waals surface area contributed by atoms with Crippen molar-refractivity contribution in [2.45, 2.75) is 63.8 Å². The Hall–Kier alpha value is -2.88. The summed E-state index contributed by atoms with van der Waals surface area (Å²) in [5.41, 5.74) is 0.186. The van der Waals surface area contributed by atoms with Gasteiger partial charge in [0, 0.05) is 30.6 Å². The minimum absolute atomic E-state index is 0.00904. The third-order valence-corrected chi connectivity index (χ3v) is 6.65. The lowest BCUT2D eigenvalue weighted by Crippen LogP contribution is -2.48. The summed E-state index contributed by atoms with van der Waals surface area (Å²) >= 11 is 0. The monoisotopic (exact) mass is 478 g/mol. The van der Waals surface area contributed by atoms with Crippen LogP contribution in [0.2, 0.25) is 0 Å². The highest BCUT2D eigenvalue weighted by Gasteiger charge is 2.33. The van der Waals surface area contributed by atoms with Crippen molar-refractivity contribution in [3.05, 3.63) is 35.4 Å². The van der Waals surface area contributed by atoms with E-state index >= 15 is 0 Å². The number of alkyl halides is 3. The lowest BCUT2D eigenvalue weighted by molar-refractivity contribution is -0.139. The average molecular weight is 479 g/mol. The second-order valence-corrected chi connectivity index (χ2v) is 9.28. The topological polar surface area (TPSA) is 98.6 Å². The third kappa shape index (κ3) is 5.43. The number of phenols is 1. The molecular formula is C24H29F3N4O3. The molecule has 7 nitrogen and oxygen atoms in total. The molecule has 1 aromatic heterocycles. The van der Waals surface area contributed by atoms with Crippen molar-refractivity contribution in [1.29, 1.82) is 0 Å². The molecule has 3 N–H and O–H groups in total. The van der Waals surface area contributed by atoms with Gasteiger partial charge < -0.3 is 20.4 Å². The number of aryl methyl sites for hydroxylation is 1. The molecule has 2 aliphatic rings. The van der Waals surface area contributed by atoms with E-state index in [1.54, 1.807) is 13.0 Å². The molecule has 1 aliphatic heterocycles. The molecule has 0 radical (unpaired) electrons. The normalized spacial score (nSPS) is 23.6. The van der Waals surface area contributed by atoms with E-state index < -0.39 is 23.6 Å². The molecule has 1 aromatic carbocycles. The van der Waals surface area contributed by atoms with E-state index in [1.165, 1.54) is 6.07 Å². The molecule has 3 atom stereocenters. The molecule has 1 saturated carbocycles. The van der Waals surface area contributed by atoms with Crippen LogP contribution < -0.4 is 5.32 Å². The van der Waals surface area contributed by atoms with Crippen molar-refractivity contribution >= 4 is 11.7 Å². The zero-order chi connectivity index (χ0) is 24.5.